The van der Waals surface area contributed by atoms with E-state index in [9.17, 15) is 10.1 Å². The highest BCUT2D eigenvalue weighted by atomic mass is 32.2. The van der Waals surface area contributed by atoms with Crippen LogP contribution in [0.5, 0.6) is 0 Å². The molecule has 0 radical (unpaired) electrons. The van der Waals surface area contributed by atoms with Crippen molar-refractivity contribution in [1.82, 2.24) is 10.3 Å². The van der Waals surface area contributed by atoms with Crippen molar-refractivity contribution in [2.75, 3.05) is 12.3 Å². The van der Waals surface area contributed by atoms with E-state index in [1.807, 2.05) is 56.3 Å². The van der Waals surface area contributed by atoms with Crippen molar-refractivity contribution < 1.29 is 4.79 Å². The summed E-state index contributed by atoms with van der Waals surface area (Å²) in [6, 6.07) is 18.2. The Hall–Kier alpha value is -2.84. The number of hydrogen-bond acceptors (Lipinski definition) is 4. The smallest absolute Gasteiger partial charge is 0.230 e. The number of aromatic nitrogens is 1. The fourth-order valence-corrected chi connectivity index (χ4v) is 3.79. The first kappa shape index (κ1) is 18.9. The highest BCUT2D eigenvalue weighted by Gasteiger charge is 2.11. The molecule has 0 aliphatic heterocycles. The molecule has 0 aliphatic rings. The number of carbonyl (C=O) groups excluding carboxylic acids is 1. The highest BCUT2D eigenvalue weighted by molar-refractivity contribution is 8.00. The molecule has 0 bridgehead atoms. The fraction of sp³-hybridized carbons (Fsp3) is 0.227. The number of hydrogen-bond donors (Lipinski definition) is 1. The zero-order valence-electron chi connectivity index (χ0n) is 15.5. The standard InChI is InChI=1S/C22H21N3OS/c1-15-10-16(2)21-18(11-15)12-19(13-23)22(25-21)27-14-20(26)24-9-8-17-6-4-3-5-7-17/h3-7,10-12H,8-9,14H2,1-2H3,(H,24,26). The molecule has 1 heterocycles. The predicted octanol–water partition coefficient (Wildman–Crippen LogP) is 4.17. The quantitative estimate of drug-likeness (QED) is 0.657. The molecule has 0 aliphatic carbocycles. The minimum atomic E-state index is -0.0534. The third-order valence-electron chi connectivity index (χ3n) is 4.26. The van der Waals surface area contributed by atoms with Crippen molar-refractivity contribution in [3.05, 3.63) is 70.8 Å². The molecule has 0 saturated heterocycles. The van der Waals surface area contributed by atoms with Gasteiger partial charge in [-0.2, -0.15) is 5.26 Å². The van der Waals surface area contributed by atoms with Crippen molar-refractivity contribution in [2.24, 2.45) is 0 Å². The molecule has 0 spiro atoms. The minimum Gasteiger partial charge on any atom is -0.355 e. The SMILES string of the molecule is Cc1cc(C)c2nc(SCC(=O)NCCc3ccccc3)c(C#N)cc2c1. The van der Waals surface area contributed by atoms with Gasteiger partial charge < -0.3 is 5.32 Å². The molecule has 1 amide bonds. The molecule has 0 unspecified atom stereocenters. The normalized spacial score (nSPS) is 10.6. The second kappa shape index (κ2) is 8.70. The van der Waals surface area contributed by atoms with Crippen LogP contribution >= 0.6 is 11.8 Å². The van der Waals surface area contributed by atoms with Gasteiger partial charge >= 0.3 is 0 Å². The molecule has 0 saturated carbocycles. The van der Waals surface area contributed by atoms with E-state index in [1.165, 1.54) is 17.3 Å². The van der Waals surface area contributed by atoms with Crippen molar-refractivity contribution in [2.45, 2.75) is 25.3 Å². The van der Waals surface area contributed by atoms with Crippen LogP contribution in [0.4, 0.5) is 0 Å². The number of aryl methyl sites for hydroxylation is 2. The maximum atomic E-state index is 12.1. The van der Waals surface area contributed by atoms with E-state index in [4.69, 9.17) is 0 Å². The Bertz CT molecular complexity index is 1010. The van der Waals surface area contributed by atoms with E-state index in [0.29, 0.717) is 17.1 Å². The third kappa shape index (κ3) is 4.87. The van der Waals surface area contributed by atoms with E-state index in [2.05, 4.69) is 22.4 Å². The molecule has 0 fully saturated rings. The fourth-order valence-electron chi connectivity index (χ4n) is 3.00. The van der Waals surface area contributed by atoms with Gasteiger partial charge in [-0.05, 0) is 43.5 Å². The number of thioether (sulfide) groups is 1. The summed E-state index contributed by atoms with van der Waals surface area (Å²) in [5.41, 5.74) is 4.80. The Balaban J connectivity index is 1.64. The third-order valence-corrected chi connectivity index (χ3v) is 5.25. The lowest BCUT2D eigenvalue weighted by molar-refractivity contribution is -0.118. The molecular weight excluding hydrogens is 354 g/mol. The lowest BCUT2D eigenvalue weighted by Gasteiger charge is -2.09. The summed E-state index contributed by atoms with van der Waals surface area (Å²) in [4.78, 5) is 16.8. The summed E-state index contributed by atoms with van der Waals surface area (Å²) in [5, 5.41) is 13.9. The summed E-state index contributed by atoms with van der Waals surface area (Å²) in [6.45, 7) is 4.64. The summed E-state index contributed by atoms with van der Waals surface area (Å²) in [6.07, 6.45) is 0.799. The molecule has 1 aromatic heterocycles. The van der Waals surface area contributed by atoms with Crippen LogP contribution in [-0.4, -0.2) is 23.2 Å². The lowest BCUT2D eigenvalue weighted by atomic mass is 10.1. The van der Waals surface area contributed by atoms with Crippen LogP contribution in [0.15, 0.2) is 53.6 Å². The molecule has 1 N–H and O–H groups in total. The van der Waals surface area contributed by atoms with Crippen LogP contribution in [0.25, 0.3) is 10.9 Å². The molecule has 3 rings (SSSR count). The van der Waals surface area contributed by atoms with E-state index in [-0.39, 0.29) is 11.7 Å². The summed E-state index contributed by atoms with van der Waals surface area (Å²) in [7, 11) is 0. The first-order valence-electron chi connectivity index (χ1n) is 8.82. The molecule has 27 heavy (non-hydrogen) atoms. The van der Waals surface area contributed by atoms with Gasteiger partial charge in [-0.1, -0.05) is 53.7 Å². The molecular formula is C22H21N3OS. The number of nitriles is 1. The van der Waals surface area contributed by atoms with Crippen LogP contribution < -0.4 is 5.32 Å². The van der Waals surface area contributed by atoms with Crippen LogP contribution in [0.1, 0.15) is 22.3 Å². The molecule has 4 nitrogen and oxygen atoms in total. The number of amides is 1. The molecule has 0 atom stereocenters. The van der Waals surface area contributed by atoms with Gasteiger partial charge in [0, 0.05) is 11.9 Å². The molecule has 2 aromatic carbocycles. The van der Waals surface area contributed by atoms with E-state index in [1.54, 1.807) is 0 Å². The van der Waals surface area contributed by atoms with Crippen LogP contribution in [0.2, 0.25) is 0 Å². The number of nitrogens with one attached hydrogen (secondary N) is 1. The second-order valence-electron chi connectivity index (χ2n) is 6.48. The van der Waals surface area contributed by atoms with Gasteiger partial charge in [0.15, 0.2) is 0 Å². The van der Waals surface area contributed by atoms with E-state index < -0.39 is 0 Å². The first-order valence-corrected chi connectivity index (χ1v) is 9.81. The maximum absolute atomic E-state index is 12.1. The zero-order valence-corrected chi connectivity index (χ0v) is 16.3. The monoisotopic (exact) mass is 375 g/mol. The minimum absolute atomic E-state index is 0.0534. The highest BCUT2D eigenvalue weighted by Crippen LogP contribution is 2.27. The number of carbonyl (C=O) groups is 1. The zero-order chi connectivity index (χ0) is 19.2. The Morgan fingerprint density at radius 2 is 1.96 bits per heavy atom. The summed E-state index contributed by atoms with van der Waals surface area (Å²) < 4.78 is 0. The molecule has 136 valence electrons. The van der Waals surface area contributed by atoms with Gasteiger partial charge in [0.25, 0.3) is 0 Å². The van der Waals surface area contributed by atoms with Gasteiger partial charge in [0.2, 0.25) is 5.91 Å². The van der Waals surface area contributed by atoms with Gasteiger partial charge in [-0.3, -0.25) is 4.79 Å². The molecule has 5 heteroatoms. The van der Waals surface area contributed by atoms with Crippen LogP contribution in [0.3, 0.4) is 0 Å². The van der Waals surface area contributed by atoms with Crippen molar-refractivity contribution in [1.29, 1.82) is 5.26 Å². The Kier molecular flexibility index (Phi) is 6.10. The second-order valence-corrected chi connectivity index (χ2v) is 7.44. The number of pyridine rings is 1. The number of fused-ring (bicyclic) bond motifs is 1. The van der Waals surface area contributed by atoms with E-state index in [0.717, 1.165) is 28.5 Å². The van der Waals surface area contributed by atoms with E-state index >= 15 is 0 Å². The van der Waals surface area contributed by atoms with Gasteiger partial charge in [-0.25, -0.2) is 4.98 Å². The van der Waals surface area contributed by atoms with Gasteiger partial charge in [-0.15, -0.1) is 0 Å². The largest absolute Gasteiger partial charge is 0.355 e. The average Bonchev–Trinajstić information content (AvgIpc) is 2.66. The summed E-state index contributed by atoms with van der Waals surface area (Å²) in [5.74, 6) is 0.190. The molecule has 3 aromatic rings. The van der Waals surface area contributed by atoms with Crippen molar-refractivity contribution in [3.63, 3.8) is 0 Å². The van der Waals surface area contributed by atoms with Crippen molar-refractivity contribution >= 4 is 28.6 Å². The Morgan fingerprint density at radius 1 is 1.19 bits per heavy atom. The predicted molar refractivity (Wildman–Crippen MR) is 110 cm³/mol. The Labute approximate surface area is 163 Å². The number of benzene rings is 2. The van der Waals surface area contributed by atoms with Gasteiger partial charge in [0.05, 0.1) is 16.8 Å². The summed E-state index contributed by atoms with van der Waals surface area (Å²) >= 11 is 1.31. The van der Waals surface area contributed by atoms with Gasteiger partial charge in [0.1, 0.15) is 11.1 Å². The maximum Gasteiger partial charge on any atom is 0.230 e. The average molecular weight is 375 g/mol. The topological polar surface area (TPSA) is 65.8 Å². The lowest BCUT2D eigenvalue weighted by Crippen LogP contribution is -2.27. The number of nitrogens with zero attached hydrogens (tertiary/aromatic N) is 2. The van der Waals surface area contributed by atoms with Crippen LogP contribution in [0, 0.1) is 25.2 Å². The van der Waals surface area contributed by atoms with Crippen LogP contribution in [-0.2, 0) is 11.2 Å². The number of rotatable bonds is 6. The van der Waals surface area contributed by atoms with Crippen molar-refractivity contribution in [3.8, 4) is 6.07 Å². The Morgan fingerprint density at radius 3 is 2.70 bits per heavy atom. The first-order chi connectivity index (χ1) is 13.1.